The van der Waals surface area contributed by atoms with E-state index in [1.807, 2.05) is 13.8 Å². The van der Waals surface area contributed by atoms with Gasteiger partial charge < -0.3 is 9.15 Å². The quantitative estimate of drug-likeness (QED) is 0.492. The molecular formula is C15H13NO5. The second-order valence-electron chi connectivity index (χ2n) is 5.61. The first-order chi connectivity index (χ1) is 9.88. The third-order valence-electron chi connectivity index (χ3n) is 3.55. The summed E-state index contributed by atoms with van der Waals surface area (Å²) in [7, 11) is 0. The Bertz CT molecular complexity index is 744. The highest BCUT2D eigenvalue weighted by atomic mass is 16.6. The molecule has 0 aliphatic carbocycles. The van der Waals surface area contributed by atoms with Crippen LogP contribution in [0.5, 0.6) is 5.75 Å². The number of nitro groups is 1. The smallest absolute Gasteiger partial charge is 0.433 e. The van der Waals surface area contributed by atoms with E-state index in [9.17, 15) is 14.9 Å². The first-order valence-corrected chi connectivity index (χ1v) is 6.45. The summed E-state index contributed by atoms with van der Waals surface area (Å²) in [6.45, 7) is 4.63. The molecule has 1 aliphatic heterocycles. The second kappa shape index (κ2) is 4.44. The van der Waals surface area contributed by atoms with Crippen molar-refractivity contribution in [3.63, 3.8) is 0 Å². The lowest BCUT2D eigenvalue weighted by molar-refractivity contribution is -0.402. The number of benzene rings is 1. The number of ketones is 1. The van der Waals surface area contributed by atoms with Crippen LogP contribution in [-0.2, 0) is 5.41 Å². The van der Waals surface area contributed by atoms with Crippen molar-refractivity contribution in [1.29, 1.82) is 0 Å². The Hall–Kier alpha value is -2.63. The van der Waals surface area contributed by atoms with Crippen molar-refractivity contribution in [2.45, 2.75) is 19.3 Å². The Kier molecular flexibility index (Phi) is 2.83. The van der Waals surface area contributed by atoms with Gasteiger partial charge in [-0.05, 0) is 24.3 Å². The van der Waals surface area contributed by atoms with Crippen molar-refractivity contribution >= 4 is 11.7 Å². The number of hydrogen-bond donors (Lipinski definition) is 0. The molecule has 0 bridgehead atoms. The lowest BCUT2D eigenvalue weighted by atomic mass is 9.85. The zero-order chi connectivity index (χ0) is 15.2. The van der Waals surface area contributed by atoms with Crippen molar-refractivity contribution in [3.8, 4) is 5.75 Å². The number of hydrogen-bond acceptors (Lipinski definition) is 5. The van der Waals surface area contributed by atoms with E-state index in [-0.39, 0.29) is 17.0 Å². The first-order valence-electron chi connectivity index (χ1n) is 6.45. The summed E-state index contributed by atoms with van der Waals surface area (Å²) in [6.07, 6.45) is 0. The molecule has 6 nitrogen and oxygen atoms in total. The number of nitrogens with zero attached hydrogens (tertiary/aromatic N) is 1. The van der Waals surface area contributed by atoms with Crippen molar-refractivity contribution < 1.29 is 18.9 Å². The van der Waals surface area contributed by atoms with E-state index in [0.717, 1.165) is 11.3 Å². The second-order valence-corrected chi connectivity index (χ2v) is 5.61. The molecule has 3 rings (SSSR count). The van der Waals surface area contributed by atoms with Crippen LogP contribution in [0.2, 0.25) is 0 Å². The van der Waals surface area contributed by atoms with Crippen molar-refractivity contribution in [1.82, 2.24) is 0 Å². The maximum Gasteiger partial charge on any atom is 0.433 e. The molecule has 21 heavy (non-hydrogen) atoms. The molecule has 0 radical (unpaired) electrons. The van der Waals surface area contributed by atoms with Crippen LogP contribution in [0.3, 0.4) is 0 Å². The minimum Gasteiger partial charge on any atom is -0.492 e. The first kappa shape index (κ1) is 13.4. The summed E-state index contributed by atoms with van der Waals surface area (Å²) in [5.41, 5.74) is 1.21. The topological polar surface area (TPSA) is 82.6 Å². The number of carbonyl (C=O) groups excluding carboxylic acids is 1. The molecule has 108 valence electrons. The maximum atomic E-state index is 12.3. The minimum absolute atomic E-state index is 0.0432. The van der Waals surface area contributed by atoms with E-state index in [0.29, 0.717) is 12.2 Å². The molecule has 1 aromatic heterocycles. The summed E-state index contributed by atoms with van der Waals surface area (Å²) >= 11 is 0. The average molecular weight is 287 g/mol. The van der Waals surface area contributed by atoms with Gasteiger partial charge in [0, 0.05) is 16.5 Å². The fraction of sp³-hybridized carbons (Fsp3) is 0.267. The van der Waals surface area contributed by atoms with Crippen LogP contribution >= 0.6 is 0 Å². The van der Waals surface area contributed by atoms with Crippen LogP contribution in [0.4, 0.5) is 5.88 Å². The average Bonchev–Trinajstić information content (AvgIpc) is 3.04. The Labute approximate surface area is 120 Å². The van der Waals surface area contributed by atoms with Gasteiger partial charge >= 0.3 is 5.88 Å². The van der Waals surface area contributed by atoms with Gasteiger partial charge in [0.2, 0.25) is 5.78 Å². The molecule has 0 N–H and O–H groups in total. The zero-order valence-corrected chi connectivity index (χ0v) is 11.6. The third-order valence-corrected chi connectivity index (χ3v) is 3.55. The van der Waals surface area contributed by atoms with E-state index in [4.69, 9.17) is 9.15 Å². The van der Waals surface area contributed by atoms with E-state index >= 15 is 0 Å². The Morgan fingerprint density at radius 2 is 2.05 bits per heavy atom. The van der Waals surface area contributed by atoms with Crippen LogP contribution in [0.15, 0.2) is 34.7 Å². The van der Waals surface area contributed by atoms with Gasteiger partial charge in [0.15, 0.2) is 5.76 Å². The van der Waals surface area contributed by atoms with Gasteiger partial charge in [-0.2, -0.15) is 0 Å². The van der Waals surface area contributed by atoms with Gasteiger partial charge in [-0.15, -0.1) is 0 Å². The monoisotopic (exact) mass is 287 g/mol. The lowest BCUT2D eigenvalue weighted by Crippen LogP contribution is -2.18. The number of carbonyl (C=O) groups is 1. The fourth-order valence-corrected chi connectivity index (χ4v) is 2.35. The standard InChI is InChI=1S/C15H13NO5/c1-15(2)8-20-11-4-3-9(7-10(11)15)14(17)12-5-6-13(21-12)16(18)19/h3-7H,8H2,1-2H3. The number of ether oxygens (including phenoxy) is 1. The molecule has 0 amide bonds. The largest absolute Gasteiger partial charge is 0.492 e. The molecule has 2 aromatic rings. The summed E-state index contributed by atoms with van der Waals surface area (Å²) < 4.78 is 10.5. The third kappa shape index (κ3) is 2.18. The maximum absolute atomic E-state index is 12.3. The van der Waals surface area contributed by atoms with Crippen LogP contribution in [-0.4, -0.2) is 17.3 Å². The van der Waals surface area contributed by atoms with Gasteiger partial charge in [-0.3, -0.25) is 14.9 Å². The fourth-order valence-electron chi connectivity index (χ4n) is 2.35. The molecule has 0 saturated heterocycles. The molecular weight excluding hydrogens is 274 g/mol. The molecule has 0 unspecified atom stereocenters. The van der Waals surface area contributed by atoms with Crippen molar-refractivity contribution in [2.75, 3.05) is 6.61 Å². The van der Waals surface area contributed by atoms with Gasteiger partial charge in [0.05, 0.1) is 12.7 Å². The molecule has 1 aliphatic rings. The number of fused-ring (bicyclic) bond motifs is 1. The van der Waals surface area contributed by atoms with Gasteiger partial charge in [-0.1, -0.05) is 13.8 Å². The molecule has 0 saturated carbocycles. The Morgan fingerprint density at radius 3 is 2.71 bits per heavy atom. The van der Waals surface area contributed by atoms with Crippen LogP contribution < -0.4 is 4.74 Å². The molecule has 0 fully saturated rings. The molecule has 1 aromatic carbocycles. The van der Waals surface area contributed by atoms with Crippen LogP contribution in [0, 0.1) is 10.1 Å². The van der Waals surface area contributed by atoms with E-state index < -0.39 is 10.8 Å². The summed E-state index contributed by atoms with van der Waals surface area (Å²) in [6, 6.07) is 7.63. The molecule has 0 atom stereocenters. The van der Waals surface area contributed by atoms with Crippen LogP contribution in [0.1, 0.15) is 35.5 Å². The summed E-state index contributed by atoms with van der Waals surface area (Å²) in [5.74, 6) is -0.0999. The van der Waals surface area contributed by atoms with Crippen molar-refractivity contribution in [3.05, 3.63) is 57.3 Å². The zero-order valence-electron chi connectivity index (χ0n) is 11.6. The van der Waals surface area contributed by atoms with E-state index in [1.54, 1.807) is 18.2 Å². The highest BCUT2D eigenvalue weighted by Gasteiger charge is 2.32. The van der Waals surface area contributed by atoms with Gasteiger partial charge in [0.25, 0.3) is 0 Å². The van der Waals surface area contributed by atoms with E-state index in [2.05, 4.69) is 0 Å². The molecule has 2 heterocycles. The lowest BCUT2D eigenvalue weighted by Gasteiger charge is -2.15. The SMILES string of the molecule is CC1(C)COc2ccc(C(=O)c3ccc([N+](=O)[O-])o3)cc21. The Balaban J connectivity index is 1.97. The predicted molar refractivity (Wildman–Crippen MR) is 73.8 cm³/mol. The minimum atomic E-state index is -0.670. The predicted octanol–water partition coefficient (Wildman–Crippen LogP) is 3.09. The summed E-state index contributed by atoms with van der Waals surface area (Å²) in [5, 5.41) is 10.6. The highest BCUT2D eigenvalue weighted by Crippen LogP contribution is 2.39. The number of rotatable bonds is 3. The normalized spacial score (nSPS) is 15.3. The van der Waals surface area contributed by atoms with Crippen LogP contribution in [0.25, 0.3) is 0 Å². The Morgan fingerprint density at radius 1 is 1.29 bits per heavy atom. The molecule has 0 spiro atoms. The summed E-state index contributed by atoms with van der Waals surface area (Å²) in [4.78, 5) is 22.3. The van der Waals surface area contributed by atoms with Gasteiger partial charge in [0.1, 0.15) is 10.7 Å². The highest BCUT2D eigenvalue weighted by molar-refractivity contribution is 6.07. The van der Waals surface area contributed by atoms with Gasteiger partial charge in [-0.25, -0.2) is 0 Å². The van der Waals surface area contributed by atoms with E-state index in [1.165, 1.54) is 12.1 Å². The number of furan rings is 1. The molecule has 6 heteroatoms. The van der Waals surface area contributed by atoms with Crippen molar-refractivity contribution in [2.24, 2.45) is 0 Å².